The summed E-state index contributed by atoms with van der Waals surface area (Å²) in [4.78, 5) is 14.2. The normalized spacial score (nSPS) is 18.1. The molecular weight excluding hydrogens is 252 g/mol. The molecule has 110 valence electrons. The number of benzene rings is 1. The molecule has 0 radical (unpaired) electrons. The van der Waals surface area contributed by atoms with Gasteiger partial charge < -0.3 is 15.0 Å². The third-order valence-electron chi connectivity index (χ3n) is 3.69. The molecule has 0 bridgehead atoms. The van der Waals surface area contributed by atoms with Gasteiger partial charge in [0.1, 0.15) is 0 Å². The summed E-state index contributed by atoms with van der Waals surface area (Å²) in [6.07, 6.45) is 2.35. The third-order valence-corrected chi connectivity index (χ3v) is 3.69. The van der Waals surface area contributed by atoms with Crippen molar-refractivity contribution < 1.29 is 9.53 Å². The molecule has 1 amide bonds. The first-order chi connectivity index (χ1) is 9.61. The Morgan fingerprint density at radius 3 is 2.90 bits per heavy atom. The minimum absolute atomic E-state index is 0.0617. The standard InChI is InChI=1S/C16H24N2O2/c1-4-17-15-8-7-13(10-12(15)2)16(19)18(3)11-14-6-5-9-20-14/h7-8,10,14,17H,4-6,9,11H2,1-3H3. The molecule has 1 fully saturated rings. The Kier molecular flexibility index (Phi) is 5.01. The van der Waals surface area contributed by atoms with E-state index in [1.54, 1.807) is 4.90 Å². The number of carbonyl (C=O) groups is 1. The molecular formula is C16H24N2O2. The van der Waals surface area contributed by atoms with E-state index in [0.717, 1.165) is 42.8 Å². The number of anilines is 1. The lowest BCUT2D eigenvalue weighted by Crippen LogP contribution is -2.34. The van der Waals surface area contributed by atoms with Gasteiger partial charge in [0.2, 0.25) is 0 Å². The van der Waals surface area contributed by atoms with Crippen LogP contribution in [0.15, 0.2) is 18.2 Å². The van der Waals surface area contributed by atoms with Crippen LogP contribution in [0.5, 0.6) is 0 Å². The third kappa shape index (κ3) is 3.51. The molecule has 0 aromatic heterocycles. The molecule has 4 nitrogen and oxygen atoms in total. The van der Waals surface area contributed by atoms with Gasteiger partial charge in [-0.25, -0.2) is 0 Å². The van der Waals surface area contributed by atoms with Crippen molar-refractivity contribution in [1.29, 1.82) is 0 Å². The summed E-state index contributed by atoms with van der Waals surface area (Å²) in [5, 5.41) is 3.29. The van der Waals surface area contributed by atoms with E-state index in [4.69, 9.17) is 4.74 Å². The maximum Gasteiger partial charge on any atom is 0.253 e. The quantitative estimate of drug-likeness (QED) is 0.899. The monoisotopic (exact) mass is 276 g/mol. The van der Waals surface area contributed by atoms with Gasteiger partial charge >= 0.3 is 0 Å². The van der Waals surface area contributed by atoms with Crippen LogP contribution in [0.25, 0.3) is 0 Å². The van der Waals surface area contributed by atoms with Crippen LogP contribution < -0.4 is 5.32 Å². The Morgan fingerprint density at radius 2 is 2.30 bits per heavy atom. The van der Waals surface area contributed by atoms with Crippen molar-refractivity contribution in [1.82, 2.24) is 4.90 Å². The number of nitrogens with one attached hydrogen (secondary N) is 1. The maximum atomic E-state index is 12.4. The highest BCUT2D eigenvalue weighted by molar-refractivity contribution is 5.94. The molecule has 4 heteroatoms. The number of hydrogen-bond donors (Lipinski definition) is 1. The minimum Gasteiger partial charge on any atom is -0.385 e. The van der Waals surface area contributed by atoms with Gasteiger partial charge in [0, 0.05) is 38.0 Å². The first kappa shape index (κ1) is 14.9. The second-order valence-corrected chi connectivity index (χ2v) is 5.38. The van der Waals surface area contributed by atoms with Crippen LogP contribution in [0.4, 0.5) is 5.69 Å². The van der Waals surface area contributed by atoms with E-state index in [-0.39, 0.29) is 12.0 Å². The van der Waals surface area contributed by atoms with E-state index in [2.05, 4.69) is 12.2 Å². The van der Waals surface area contributed by atoms with E-state index in [1.165, 1.54) is 0 Å². The maximum absolute atomic E-state index is 12.4. The van der Waals surface area contributed by atoms with Crippen molar-refractivity contribution in [3.05, 3.63) is 29.3 Å². The van der Waals surface area contributed by atoms with Gasteiger partial charge in [0.15, 0.2) is 0 Å². The van der Waals surface area contributed by atoms with E-state index in [0.29, 0.717) is 6.54 Å². The van der Waals surface area contributed by atoms with Gasteiger partial charge in [0.05, 0.1) is 6.10 Å². The van der Waals surface area contributed by atoms with Crippen LogP contribution in [0, 0.1) is 6.92 Å². The van der Waals surface area contributed by atoms with E-state index in [9.17, 15) is 4.79 Å². The van der Waals surface area contributed by atoms with E-state index in [1.807, 2.05) is 32.2 Å². The summed E-state index contributed by atoms with van der Waals surface area (Å²) < 4.78 is 5.58. The Hall–Kier alpha value is -1.55. The Bertz CT molecular complexity index is 468. The molecule has 0 saturated carbocycles. The van der Waals surface area contributed by atoms with Crippen LogP contribution >= 0.6 is 0 Å². The average Bonchev–Trinajstić information content (AvgIpc) is 2.93. The van der Waals surface area contributed by atoms with Gasteiger partial charge in [-0.15, -0.1) is 0 Å². The molecule has 1 aromatic carbocycles. The molecule has 0 aliphatic carbocycles. The van der Waals surface area contributed by atoms with Crippen LogP contribution in [-0.2, 0) is 4.74 Å². The van der Waals surface area contributed by atoms with Crippen molar-refractivity contribution in [2.24, 2.45) is 0 Å². The molecule has 1 aliphatic heterocycles. The Labute approximate surface area is 121 Å². The molecule has 2 rings (SSSR count). The van der Waals surface area contributed by atoms with Crippen molar-refractivity contribution >= 4 is 11.6 Å². The van der Waals surface area contributed by atoms with Gasteiger partial charge in [0.25, 0.3) is 5.91 Å². The van der Waals surface area contributed by atoms with Crippen molar-refractivity contribution in [3.63, 3.8) is 0 Å². The molecule has 1 atom stereocenters. The number of nitrogens with zero attached hydrogens (tertiary/aromatic N) is 1. The molecule has 1 aliphatic rings. The van der Waals surface area contributed by atoms with Crippen LogP contribution in [0.2, 0.25) is 0 Å². The highest BCUT2D eigenvalue weighted by atomic mass is 16.5. The van der Waals surface area contributed by atoms with Crippen molar-refractivity contribution in [2.75, 3.05) is 32.1 Å². The molecule has 1 unspecified atom stereocenters. The second kappa shape index (κ2) is 6.75. The number of ether oxygens (including phenoxy) is 1. The lowest BCUT2D eigenvalue weighted by Gasteiger charge is -2.21. The smallest absolute Gasteiger partial charge is 0.253 e. The van der Waals surface area contributed by atoms with Crippen LogP contribution in [0.1, 0.15) is 35.7 Å². The summed E-state index contributed by atoms with van der Waals surface area (Å²) in [6.45, 7) is 6.46. The van der Waals surface area contributed by atoms with E-state index < -0.39 is 0 Å². The fourth-order valence-corrected chi connectivity index (χ4v) is 2.58. The fraction of sp³-hybridized carbons (Fsp3) is 0.562. The predicted molar refractivity (Wildman–Crippen MR) is 81.3 cm³/mol. The summed E-state index contributed by atoms with van der Waals surface area (Å²) in [5.74, 6) is 0.0617. The van der Waals surface area contributed by atoms with Crippen LogP contribution in [-0.4, -0.2) is 43.7 Å². The topological polar surface area (TPSA) is 41.6 Å². The molecule has 1 heterocycles. The molecule has 1 saturated heterocycles. The summed E-state index contributed by atoms with van der Waals surface area (Å²) >= 11 is 0. The van der Waals surface area contributed by atoms with Gasteiger partial charge in [-0.2, -0.15) is 0 Å². The zero-order chi connectivity index (χ0) is 14.5. The zero-order valence-electron chi connectivity index (χ0n) is 12.6. The van der Waals surface area contributed by atoms with E-state index >= 15 is 0 Å². The summed E-state index contributed by atoms with van der Waals surface area (Å²) in [6, 6.07) is 5.82. The second-order valence-electron chi connectivity index (χ2n) is 5.38. The molecule has 20 heavy (non-hydrogen) atoms. The fourth-order valence-electron chi connectivity index (χ4n) is 2.58. The average molecular weight is 276 g/mol. The minimum atomic E-state index is 0.0617. The number of aryl methyl sites for hydroxylation is 1. The van der Waals surface area contributed by atoms with Crippen LogP contribution in [0.3, 0.4) is 0 Å². The van der Waals surface area contributed by atoms with Gasteiger partial charge in [-0.1, -0.05) is 0 Å². The summed E-state index contributed by atoms with van der Waals surface area (Å²) in [7, 11) is 1.84. The van der Waals surface area contributed by atoms with Crippen molar-refractivity contribution in [3.8, 4) is 0 Å². The van der Waals surface area contributed by atoms with Crippen molar-refractivity contribution in [2.45, 2.75) is 32.8 Å². The van der Waals surface area contributed by atoms with Gasteiger partial charge in [-0.05, 0) is 50.5 Å². The molecule has 1 N–H and O–H groups in total. The Balaban J connectivity index is 2.02. The number of carbonyl (C=O) groups excluding carboxylic acids is 1. The zero-order valence-corrected chi connectivity index (χ0v) is 12.6. The SMILES string of the molecule is CCNc1ccc(C(=O)N(C)CC2CCCO2)cc1C. The first-order valence-electron chi connectivity index (χ1n) is 7.33. The number of rotatable bonds is 5. The lowest BCUT2D eigenvalue weighted by molar-refractivity contribution is 0.0587. The lowest BCUT2D eigenvalue weighted by atomic mass is 10.1. The van der Waals surface area contributed by atoms with Gasteiger partial charge in [-0.3, -0.25) is 4.79 Å². The molecule has 0 spiro atoms. The summed E-state index contributed by atoms with van der Waals surface area (Å²) in [5.41, 5.74) is 2.93. The largest absolute Gasteiger partial charge is 0.385 e. The highest BCUT2D eigenvalue weighted by Gasteiger charge is 2.21. The predicted octanol–water partition coefficient (Wildman–Crippen LogP) is 2.68. The number of amides is 1. The Morgan fingerprint density at radius 1 is 1.50 bits per heavy atom. The number of hydrogen-bond acceptors (Lipinski definition) is 3. The first-order valence-corrected chi connectivity index (χ1v) is 7.33. The number of likely N-dealkylation sites (N-methyl/N-ethyl adjacent to an activating group) is 1. The molecule has 1 aromatic rings. The highest BCUT2D eigenvalue weighted by Crippen LogP contribution is 2.18.